The lowest BCUT2D eigenvalue weighted by atomic mass is 10.2. The van der Waals surface area contributed by atoms with E-state index in [1.165, 1.54) is 17.4 Å². The predicted octanol–water partition coefficient (Wildman–Crippen LogP) is 4.66. The smallest absolute Gasteiger partial charge is 0.256 e. The summed E-state index contributed by atoms with van der Waals surface area (Å²) in [5, 5.41) is 4.36. The van der Waals surface area contributed by atoms with Gasteiger partial charge in [0.05, 0.1) is 13.8 Å². The third-order valence-corrected chi connectivity index (χ3v) is 4.15. The van der Waals surface area contributed by atoms with Gasteiger partial charge >= 0.3 is 0 Å². The second-order valence-electron chi connectivity index (χ2n) is 3.22. The fraction of sp³-hybridized carbons (Fsp3) is 0. The summed E-state index contributed by atoms with van der Waals surface area (Å²) in [7, 11) is 0. The summed E-state index contributed by atoms with van der Waals surface area (Å²) in [6, 6.07) is 6.17. The number of halogens is 3. The molecule has 1 aromatic heterocycles. The molecule has 0 unspecified atom stereocenters. The molecule has 0 fully saturated rings. The van der Waals surface area contributed by atoms with Gasteiger partial charge in [-0.05, 0) is 56.1 Å². The molecule has 1 heterocycles. The van der Waals surface area contributed by atoms with Crippen molar-refractivity contribution in [3.8, 4) is 0 Å². The molecule has 1 N–H and O–H groups in total. The molecule has 1 aromatic carbocycles. The summed E-state index contributed by atoms with van der Waals surface area (Å²) in [6.07, 6.45) is 0. The highest BCUT2D eigenvalue weighted by atomic mass is 79.9. The first-order chi connectivity index (χ1) is 8.06. The molecule has 0 saturated carbocycles. The van der Waals surface area contributed by atoms with Crippen LogP contribution in [-0.4, -0.2) is 5.91 Å². The zero-order valence-corrected chi connectivity index (χ0v) is 12.3. The molecule has 2 rings (SSSR count). The van der Waals surface area contributed by atoms with Crippen LogP contribution in [0.15, 0.2) is 37.9 Å². The van der Waals surface area contributed by atoms with E-state index in [0.717, 1.165) is 3.79 Å². The van der Waals surface area contributed by atoms with Gasteiger partial charge in [0, 0.05) is 11.1 Å². The Morgan fingerprint density at radius 2 is 2.06 bits per heavy atom. The zero-order chi connectivity index (χ0) is 12.4. The maximum absolute atomic E-state index is 13.2. The quantitative estimate of drug-likeness (QED) is 0.808. The molecule has 0 radical (unpaired) electrons. The fourth-order valence-electron chi connectivity index (χ4n) is 1.21. The Labute approximate surface area is 118 Å². The zero-order valence-electron chi connectivity index (χ0n) is 8.34. The van der Waals surface area contributed by atoms with Crippen LogP contribution >= 0.6 is 43.2 Å². The number of amides is 1. The maximum Gasteiger partial charge on any atom is 0.256 e. The molecule has 0 aliphatic carbocycles. The van der Waals surface area contributed by atoms with Gasteiger partial charge in [-0.25, -0.2) is 4.39 Å². The van der Waals surface area contributed by atoms with E-state index in [4.69, 9.17) is 0 Å². The molecule has 6 heteroatoms. The van der Waals surface area contributed by atoms with E-state index in [9.17, 15) is 9.18 Å². The van der Waals surface area contributed by atoms with Crippen molar-refractivity contribution >= 4 is 54.8 Å². The fourth-order valence-corrected chi connectivity index (χ4v) is 2.59. The van der Waals surface area contributed by atoms with E-state index >= 15 is 0 Å². The molecule has 0 saturated heterocycles. The van der Waals surface area contributed by atoms with Crippen LogP contribution in [0.4, 0.5) is 10.1 Å². The Hall–Kier alpha value is -0.720. The third kappa shape index (κ3) is 3.14. The normalized spacial score (nSPS) is 10.3. The van der Waals surface area contributed by atoms with Crippen LogP contribution in [0.5, 0.6) is 0 Å². The maximum atomic E-state index is 13.2. The van der Waals surface area contributed by atoms with Crippen LogP contribution < -0.4 is 5.32 Å². The minimum Gasteiger partial charge on any atom is -0.322 e. The third-order valence-electron chi connectivity index (χ3n) is 2.01. The highest BCUT2D eigenvalue weighted by Crippen LogP contribution is 2.23. The highest BCUT2D eigenvalue weighted by Gasteiger charge is 2.09. The average molecular weight is 379 g/mol. The minimum absolute atomic E-state index is 0.256. The van der Waals surface area contributed by atoms with Crippen LogP contribution in [-0.2, 0) is 0 Å². The second-order valence-corrected chi connectivity index (χ2v) is 6.37. The lowest BCUT2D eigenvalue weighted by Gasteiger charge is -2.04. The van der Waals surface area contributed by atoms with E-state index < -0.39 is 5.82 Å². The van der Waals surface area contributed by atoms with Gasteiger partial charge in [-0.3, -0.25) is 4.79 Å². The Morgan fingerprint density at radius 1 is 1.29 bits per heavy atom. The molecular weight excluding hydrogens is 373 g/mol. The lowest BCUT2D eigenvalue weighted by Crippen LogP contribution is -2.10. The van der Waals surface area contributed by atoms with Crippen molar-refractivity contribution in [2.24, 2.45) is 0 Å². The molecule has 17 heavy (non-hydrogen) atoms. The number of hydrogen-bond donors (Lipinski definition) is 1. The number of nitrogens with one attached hydrogen (secondary N) is 1. The first-order valence-corrected chi connectivity index (χ1v) is 7.03. The van der Waals surface area contributed by atoms with Gasteiger partial charge in [0.15, 0.2) is 0 Å². The topological polar surface area (TPSA) is 29.1 Å². The average Bonchev–Trinajstić information content (AvgIpc) is 2.70. The van der Waals surface area contributed by atoms with E-state index in [0.29, 0.717) is 15.7 Å². The summed E-state index contributed by atoms with van der Waals surface area (Å²) in [5.41, 5.74) is 0.975. The minimum atomic E-state index is -0.408. The molecule has 2 nitrogen and oxygen atoms in total. The van der Waals surface area contributed by atoms with Crippen LogP contribution in [0.1, 0.15) is 10.4 Å². The molecule has 0 atom stereocenters. The van der Waals surface area contributed by atoms with Gasteiger partial charge in [0.25, 0.3) is 5.91 Å². The van der Waals surface area contributed by atoms with Crippen molar-refractivity contribution in [1.82, 2.24) is 0 Å². The number of thiophene rings is 1. The van der Waals surface area contributed by atoms with Crippen LogP contribution in [0.25, 0.3) is 0 Å². The van der Waals surface area contributed by atoms with Gasteiger partial charge < -0.3 is 5.32 Å². The highest BCUT2D eigenvalue weighted by molar-refractivity contribution is 9.11. The lowest BCUT2D eigenvalue weighted by molar-refractivity contribution is 0.102. The standard InChI is InChI=1S/C11H6Br2FNOS/c12-8-2-1-7(4-9(8)14)15-11(16)6-3-10(13)17-5-6/h1-5H,(H,15,16). The SMILES string of the molecule is O=C(Nc1ccc(Br)c(F)c1)c1csc(Br)c1. The van der Waals surface area contributed by atoms with Crippen LogP contribution in [0.3, 0.4) is 0 Å². The van der Waals surface area contributed by atoms with Crippen molar-refractivity contribution < 1.29 is 9.18 Å². The van der Waals surface area contributed by atoms with E-state index in [2.05, 4.69) is 37.2 Å². The summed E-state index contributed by atoms with van der Waals surface area (Å²) in [5.74, 6) is -0.664. The van der Waals surface area contributed by atoms with E-state index in [1.54, 1.807) is 23.6 Å². The Morgan fingerprint density at radius 3 is 2.65 bits per heavy atom. The number of rotatable bonds is 2. The summed E-state index contributed by atoms with van der Waals surface area (Å²) in [4.78, 5) is 11.8. The van der Waals surface area contributed by atoms with Gasteiger partial charge in [-0.1, -0.05) is 0 Å². The largest absolute Gasteiger partial charge is 0.322 e. The summed E-state index contributed by atoms with van der Waals surface area (Å²) >= 11 is 7.75. The Kier molecular flexibility index (Phi) is 3.96. The van der Waals surface area contributed by atoms with Gasteiger partial charge in [-0.2, -0.15) is 0 Å². The molecule has 0 aliphatic heterocycles. The molecule has 88 valence electrons. The molecule has 0 spiro atoms. The number of carbonyl (C=O) groups excluding carboxylic acids is 1. The second kappa shape index (κ2) is 5.29. The number of carbonyl (C=O) groups is 1. The molecular formula is C11H6Br2FNOS. The van der Waals surface area contributed by atoms with Crippen LogP contribution in [0, 0.1) is 5.82 Å². The van der Waals surface area contributed by atoms with Gasteiger partial charge in [-0.15, -0.1) is 11.3 Å². The summed E-state index contributed by atoms with van der Waals surface area (Å²) < 4.78 is 14.5. The Bertz CT molecular complexity index is 570. The van der Waals surface area contributed by atoms with E-state index in [-0.39, 0.29) is 5.91 Å². The molecule has 1 amide bonds. The van der Waals surface area contributed by atoms with Crippen molar-refractivity contribution in [3.63, 3.8) is 0 Å². The van der Waals surface area contributed by atoms with Crippen molar-refractivity contribution in [2.45, 2.75) is 0 Å². The van der Waals surface area contributed by atoms with E-state index in [1.807, 2.05) is 0 Å². The van der Waals surface area contributed by atoms with Crippen LogP contribution in [0.2, 0.25) is 0 Å². The van der Waals surface area contributed by atoms with Crippen molar-refractivity contribution in [1.29, 1.82) is 0 Å². The molecule has 0 aliphatic rings. The Balaban J connectivity index is 2.15. The van der Waals surface area contributed by atoms with Gasteiger partial charge in [0.1, 0.15) is 5.82 Å². The molecule has 0 bridgehead atoms. The number of anilines is 1. The first kappa shape index (κ1) is 12.7. The number of benzene rings is 1. The van der Waals surface area contributed by atoms with Crippen molar-refractivity contribution in [2.75, 3.05) is 5.32 Å². The predicted molar refractivity (Wildman–Crippen MR) is 74.1 cm³/mol. The van der Waals surface area contributed by atoms with Crippen molar-refractivity contribution in [3.05, 3.63) is 49.3 Å². The monoisotopic (exact) mass is 377 g/mol. The first-order valence-electron chi connectivity index (χ1n) is 4.56. The number of hydrogen-bond acceptors (Lipinski definition) is 2. The molecule has 2 aromatic rings. The van der Waals surface area contributed by atoms with Gasteiger partial charge in [0.2, 0.25) is 0 Å². The summed E-state index contributed by atoms with van der Waals surface area (Å²) in [6.45, 7) is 0.